The maximum absolute atomic E-state index is 11.8. The first-order valence-electron chi connectivity index (χ1n) is 7.36. The van der Waals surface area contributed by atoms with E-state index in [1.54, 1.807) is 0 Å². The fraction of sp³-hybridized carbons (Fsp3) is 0.500. The third-order valence-electron chi connectivity index (χ3n) is 3.67. The van der Waals surface area contributed by atoms with Gasteiger partial charge < -0.3 is 35.4 Å². The number of aromatic nitrogens is 4. The Bertz CT molecular complexity index is 1040. The predicted molar refractivity (Wildman–Crippen MR) is 102 cm³/mol. The van der Waals surface area contributed by atoms with Crippen molar-refractivity contribution in [3.63, 3.8) is 0 Å². The number of aromatic amines is 1. The summed E-state index contributed by atoms with van der Waals surface area (Å²) in [4.78, 5) is 48.1. The Balaban J connectivity index is 0.00000225. The van der Waals surface area contributed by atoms with Crippen LogP contribution >= 0.6 is 15.6 Å². The van der Waals surface area contributed by atoms with Gasteiger partial charge in [0, 0.05) is 0 Å². The number of imidazole rings is 1. The van der Waals surface area contributed by atoms with E-state index in [4.69, 9.17) is 20.3 Å². The molecule has 1 fully saturated rings. The van der Waals surface area contributed by atoms with Crippen LogP contribution < -0.4 is 11.3 Å². The summed E-state index contributed by atoms with van der Waals surface area (Å²) in [6.07, 6.45) is -4.88. The van der Waals surface area contributed by atoms with Crippen molar-refractivity contribution in [3.8, 4) is 0 Å². The van der Waals surface area contributed by atoms with E-state index in [1.807, 2.05) is 0 Å². The molecule has 1 saturated heterocycles. The maximum atomic E-state index is 11.8. The normalized spacial score (nSPS) is 26.0. The van der Waals surface area contributed by atoms with Crippen LogP contribution in [0.15, 0.2) is 11.1 Å². The van der Waals surface area contributed by atoms with Crippen molar-refractivity contribution >= 4 is 91.9 Å². The van der Waals surface area contributed by atoms with E-state index in [0.717, 1.165) is 10.9 Å². The average molecular weight is 491 g/mol. The van der Waals surface area contributed by atoms with Crippen molar-refractivity contribution in [1.82, 2.24) is 19.5 Å². The van der Waals surface area contributed by atoms with Gasteiger partial charge in [0.1, 0.15) is 18.3 Å². The van der Waals surface area contributed by atoms with Crippen LogP contribution in [0.25, 0.3) is 11.2 Å². The molecule has 0 aliphatic carbocycles. The van der Waals surface area contributed by atoms with Crippen LogP contribution in [0.3, 0.4) is 0 Å². The summed E-state index contributed by atoms with van der Waals surface area (Å²) >= 11 is 0. The third kappa shape index (κ3) is 6.42. The second-order valence-electron chi connectivity index (χ2n) is 5.66. The number of nitrogens with two attached hydrogens (primary N) is 1. The zero-order chi connectivity index (χ0) is 20.9. The minimum absolute atomic E-state index is 0. The van der Waals surface area contributed by atoms with E-state index in [9.17, 15) is 29.0 Å². The van der Waals surface area contributed by atoms with Crippen LogP contribution in [0.1, 0.15) is 6.23 Å². The predicted octanol–water partition coefficient (Wildman–Crippen LogP) is -3.75. The van der Waals surface area contributed by atoms with Crippen molar-refractivity contribution in [2.45, 2.75) is 24.5 Å². The molecule has 1 unspecified atom stereocenters. The van der Waals surface area contributed by atoms with Crippen molar-refractivity contribution in [3.05, 3.63) is 16.7 Å². The number of aliphatic hydroxyl groups excluding tert-OH is 2. The molecule has 5 atom stereocenters. The first-order valence-corrected chi connectivity index (χ1v) is 10.4. The van der Waals surface area contributed by atoms with Crippen LogP contribution in [-0.2, 0) is 22.7 Å². The Morgan fingerprint density at radius 3 is 2.47 bits per heavy atom. The minimum atomic E-state index is -5.32. The molecule has 2 aromatic rings. The molecule has 0 radical (unpaired) electrons. The van der Waals surface area contributed by atoms with E-state index < -0.39 is 52.4 Å². The van der Waals surface area contributed by atoms with Gasteiger partial charge in [0.05, 0.1) is 12.9 Å². The van der Waals surface area contributed by atoms with Crippen molar-refractivity contribution in [2.24, 2.45) is 0 Å². The van der Waals surface area contributed by atoms with E-state index in [1.165, 1.54) is 0 Å². The third-order valence-corrected chi connectivity index (χ3v) is 5.83. The average Bonchev–Trinajstić information content (AvgIpc) is 3.06. The number of nitrogens with zero attached hydrogens (tertiary/aromatic N) is 3. The van der Waals surface area contributed by atoms with Gasteiger partial charge in [-0.3, -0.25) is 18.9 Å². The topological polar surface area (TPSA) is 253 Å². The Labute approximate surface area is 211 Å². The molecule has 0 aromatic carbocycles. The van der Waals surface area contributed by atoms with Gasteiger partial charge in [-0.2, -0.15) is 9.29 Å². The van der Waals surface area contributed by atoms with E-state index in [-0.39, 0.29) is 76.2 Å². The fourth-order valence-electron chi connectivity index (χ4n) is 2.55. The molecule has 0 amide bonds. The number of aliphatic hydroxyl groups is 2. The SMILES string of the molecule is Nc1nc2c(ncn2[C@@H]2O[C@H](COP(=O)(O)OP(=O)(O)O)[C@@H](O)[C@H]2O)c(=O)[nH]1.[NaH].[NaH]. The number of fused-ring (bicyclic) bond motifs is 1. The molecule has 16 nitrogen and oxygen atoms in total. The Kier molecular flexibility index (Phi) is 9.90. The van der Waals surface area contributed by atoms with Gasteiger partial charge >= 0.3 is 74.8 Å². The molecule has 0 bridgehead atoms. The van der Waals surface area contributed by atoms with Gasteiger partial charge in [-0.05, 0) is 0 Å². The second kappa shape index (κ2) is 10.5. The van der Waals surface area contributed by atoms with Crippen LogP contribution in [0.4, 0.5) is 5.95 Å². The molecular formula is C10H17N5Na2O11P2. The number of hydrogen-bond donors (Lipinski definition) is 7. The van der Waals surface area contributed by atoms with Gasteiger partial charge in [0.15, 0.2) is 17.4 Å². The number of anilines is 1. The molecule has 160 valence electrons. The number of phosphoric ester groups is 1. The molecule has 30 heavy (non-hydrogen) atoms. The monoisotopic (exact) mass is 491 g/mol. The van der Waals surface area contributed by atoms with E-state index in [2.05, 4.69) is 23.8 Å². The van der Waals surface area contributed by atoms with Crippen LogP contribution in [0.5, 0.6) is 0 Å². The van der Waals surface area contributed by atoms with E-state index in [0.29, 0.717) is 0 Å². The van der Waals surface area contributed by atoms with Crippen molar-refractivity contribution in [1.29, 1.82) is 0 Å². The van der Waals surface area contributed by atoms with Gasteiger partial charge in [0.25, 0.3) is 5.56 Å². The molecule has 0 spiro atoms. The Hall–Kier alpha value is 0.290. The standard InChI is InChI=1S/C10H15N5O11P2.2Na.2H/c11-10-13-7-4(8(18)14-10)12-2-15(7)9-6(17)5(16)3(25-9)1-24-28(22,23)26-27(19,20)21;;;;/h2-3,5-6,9,16-17H,1H2,(H,22,23)(H2,19,20,21)(H3,11,13,14,18);;;;/t3-,5-,6-,9-;;;;/m1..../s1. The first kappa shape index (κ1) is 28.3. The number of rotatable bonds is 6. The van der Waals surface area contributed by atoms with Crippen LogP contribution in [0.2, 0.25) is 0 Å². The molecular weight excluding hydrogens is 474 g/mol. The molecule has 8 N–H and O–H groups in total. The number of nitrogens with one attached hydrogen (secondary N) is 1. The Morgan fingerprint density at radius 1 is 1.23 bits per heavy atom. The first-order chi connectivity index (χ1) is 12.9. The number of H-pyrrole nitrogens is 1. The summed E-state index contributed by atoms with van der Waals surface area (Å²) in [5.41, 5.74) is 4.65. The Morgan fingerprint density at radius 2 is 1.87 bits per heavy atom. The number of ether oxygens (including phenoxy) is 1. The molecule has 20 heteroatoms. The summed E-state index contributed by atoms with van der Waals surface area (Å²) in [5.74, 6) is -0.233. The zero-order valence-corrected chi connectivity index (χ0v) is 15.4. The number of hydrogen-bond acceptors (Lipinski definition) is 11. The summed E-state index contributed by atoms with van der Waals surface area (Å²) in [6, 6.07) is 0. The number of phosphoric acid groups is 2. The molecule has 1 aliphatic rings. The van der Waals surface area contributed by atoms with E-state index >= 15 is 0 Å². The molecule has 3 heterocycles. The summed E-state index contributed by atoms with van der Waals surface area (Å²) < 4.78 is 36.6. The van der Waals surface area contributed by atoms with Crippen LogP contribution in [-0.4, -0.2) is 128 Å². The van der Waals surface area contributed by atoms with Gasteiger partial charge in [-0.1, -0.05) is 0 Å². The molecule has 3 rings (SSSR count). The molecule has 2 aromatic heterocycles. The van der Waals surface area contributed by atoms with Gasteiger partial charge in [-0.25, -0.2) is 14.1 Å². The quantitative estimate of drug-likeness (QED) is 0.151. The summed E-state index contributed by atoms with van der Waals surface area (Å²) in [5, 5.41) is 20.3. The van der Waals surface area contributed by atoms with Gasteiger partial charge in [0.2, 0.25) is 5.95 Å². The van der Waals surface area contributed by atoms with Crippen LogP contribution in [0, 0.1) is 0 Å². The van der Waals surface area contributed by atoms with Crippen molar-refractivity contribution < 1.29 is 47.6 Å². The summed E-state index contributed by atoms with van der Waals surface area (Å²) in [6.45, 7) is -0.870. The fourth-order valence-corrected chi connectivity index (χ4v) is 4.15. The number of nitrogen functional groups attached to an aromatic ring is 1. The van der Waals surface area contributed by atoms with Crippen molar-refractivity contribution in [2.75, 3.05) is 12.3 Å². The molecule has 1 aliphatic heterocycles. The summed E-state index contributed by atoms with van der Waals surface area (Å²) in [7, 11) is -10.5. The second-order valence-corrected chi connectivity index (χ2v) is 8.49. The molecule has 0 saturated carbocycles. The van der Waals surface area contributed by atoms with Gasteiger partial charge in [-0.15, -0.1) is 0 Å². The zero-order valence-electron chi connectivity index (χ0n) is 13.6.